The van der Waals surface area contributed by atoms with E-state index >= 15 is 0 Å². The van der Waals surface area contributed by atoms with Crippen LogP contribution in [0.25, 0.3) is 5.57 Å². The van der Waals surface area contributed by atoms with Crippen LogP contribution in [0.2, 0.25) is 5.02 Å². The Kier molecular flexibility index (Phi) is 5.17. The second-order valence-electron chi connectivity index (χ2n) is 4.55. The number of rotatable bonds is 4. The van der Waals surface area contributed by atoms with Crippen LogP contribution in [0.5, 0.6) is 11.5 Å². The number of carbonyl (C=O) groups is 1. The van der Waals surface area contributed by atoms with E-state index in [-0.39, 0.29) is 5.75 Å². The fourth-order valence-electron chi connectivity index (χ4n) is 1.79. The Morgan fingerprint density at radius 3 is 2.45 bits per heavy atom. The van der Waals surface area contributed by atoms with E-state index in [0.29, 0.717) is 10.8 Å². The van der Waals surface area contributed by atoms with Crippen molar-refractivity contribution in [2.45, 2.75) is 6.92 Å². The van der Waals surface area contributed by atoms with Crippen molar-refractivity contribution in [1.82, 2.24) is 0 Å². The third-order valence-corrected chi connectivity index (χ3v) is 3.20. The molecule has 0 aliphatic carbocycles. The van der Waals surface area contributed by atoms with Crippen LogP contribution in [0.15, 0.2) is 48.5 Å². The molecule has 0 bridgehead atoms. The van der Waals surface area contributed by atoms with Crippen molar-refractivity contribution in [2.75, 3.05) is 7.11 Å². The molecule has 0 unspecified atom stereocenters. The van der Waals surface area contributed by atoms with Gasteiger partial charge in [0.2, 0.25) is 0 Å². The molecule has 5 heteroatoms. The molecule has 2 rings (SSSR count). The lowest BCUT2D eigenvalue weighted by molar-refractivity contribution is -0.134. The van der Waals surface area contributed by atoms with E-state index in [4.69, 9.17) is 16.3 Å². The Morgan fingerprint density at radius 1 is 1.18 bits per heavy atom. The minimum absolute atomic E-state index is 0.0963. The van der Waals surface area contributed by atoms with Gasteiger partial charge in [0, 0.05) is 11.1 Å². The van der Waals surface area contributed by atoms with Gasteiger partial charge in [0.25, 0.3) is 0 Å². The summed E-state index contributed by atoms with van der Waals surface area (Å²) in [5.74, 6) is -0.366. The van der Waals surface area contributed by atoms with Gasteiger partial charge in [-0.3, -0.25) is 0 Å². The summed E-state index contributed by atoms with van der Waals surface area (Å²) in [4.78, 5) is 11.2. The molecular weight excluding hydrogens is 307 g/mol. The van der Waals surface area contributed by atoms with E-state index in [2.05, 4.69) is 4.74 Å². The molecule has 3 nitrogen and oxygen atoms in total. The van der Waals surface area contributed by atoms with Gasteiger partial charge in [-0.15, -0.1) is 0 Å². The van der Waals surface area contributed by atoms with Gasteiger partial charge in [0.15, 0.2) is 11.6 Å². The van der Waals surface area contributed by atoms with Crippen LogP contribution in [0.3, 0.4) is 0 Å². The first-order valence-electron chi connectivity index (χ1n) is 6.49. The summed E-state index contributed by atoms with van der Waals surface area (Å²) < 4.78 is 23.7. The zero-order valence-corrected chi connectivity index (χ0v) is 12.9. The summed E-state index contributed by atoms with van der Waals surface area (Å²) in [6.07, 6.45) is 1.40. The first-order chi connectivity index (χ1) is 10.5. The molecule has 2 aromatic carbocycles. The Bertz CT molecular complexity index is 708. The number of ether oxygens (including phenoxy) is 2. The predicted molar refractivity (Wildman–Crippen MR) is 83.6 cm³/mol. The Morgan fingerprint density at radius 2 is 1.86 bits per heavy atom. The van der Waals surface area contributed by atoms with E-state index in [1.165, 1.54) is 25.3 Å². The van der Waals surface area contributed by atoms with Crippen LogP contribution in [-0.4, -0.2) is 13.1 Å². The lowest BCUT2D eigenvalue weighted by atomic mass is 10.1. The SMILES string of the molecule is COC(=O)C=C(C)c1ccc(Oc2ccc(Cl)cc2F)cc1. The number of halogens is 2. The number of esters is 1. The van der Waals surface area contributed by atoms with Gasteiger partial charge in [0.05, 0.1) is 7.11 Å². The van der Waals surface area contributed by atoms with Gasteiger partial charge in [-0.05, 0) is 48.4 Å². The topological polar surface area (TPSA) is 35.5 Å². The number of benzene rings is 2. The molecule has 0 atom stereocenters. The quantitative estimate of drug-likeness (QED) is 0.597. The van der Waals surface area contributed by atoms with E-state index in [9.17, 15) is 9.18 Å². The fourth-order valence-corrected chi connectivity index (χ4v) is 1.95. The molecule has 0 heterocycles. The van der Waals surface area contributed by atoms with E-state index in [1.807, 2.05) is 0 Å². The Balaban J connectivity index is 2.15. The molecule has 0 aromatic heterocycles. The lowest BCUT2D eigenvalue weighted by Gasteiger charge is -2.08. The second kappa shape index (κ2) is 7.09. The van der Waals surface area contributed by atoms with Crippen molar-refractivity contribution in [2.24, 2.45) is 0 Å². The van der Waals surface area contributed by atoms with Gasteiger partial charge in [-0.1, -0.05) is 23.7 Å². The van der Waals surface area contributed by atoms with Crippen LogP contribution in [0.1, 0.15) is 12.5 Å². The van der Waals surface area contributed by atoms with E-state index < -0.39 is 11.8 Å². The summed E-state index contributed by atoms with van der Waals surface area (Å²) in [5.41, 5.74) is 1.60. The summed E-state index contributed by atoms with van der Waals surface area (Å²) in [6, 6.07) is 11.1. The molecular formula is C17H14ClFO3. The van der Waals surface area contributed by atoms with Crippen LogP contribution in [0.4, 0.5) is 4.39 Å². The van der Waals surface area contributed by atoms with Crippen molar-refractivity contribution in [3.05, 3.63) is 64.9 Å². The molecule has 0 fully saturated rings. The minimum atomic E-state index is -0.529. The van der Waals surface area contributed by atoms with Crippen molar-refractivity contribution < 1.29 is 18.7 Å². The maximum absolute atomic E-state index is 13.7. The number of hydrogen-bond acceptors (Lipinski definition) is 3. The predicted octanol–water partition coefficient (Wildman–Crippen LogP) is 4.85. The largest absolute Gasteiger partial charge is 0.466 e. The van der Waals surface area contributed by atoms with Crippen molar-refractivity contribution in [3.63, 3.8) is 0 Å². The standard InChI is InChI=1S/C17H14ClFO3/c1-11(9-17(20)21-2)12-3-6-14(7-4-12)22-16-8-5-13(18)10-15(16)19/h3-10H,1-2H3. The smallest absolute Gasteiger partial charge is 0.330 e. The zero-order chi connectivity index (χ0) is 16.1. The van der Waals surface area contributed by atoms with E-state index in [0.717, 1.165) is 11.1 Å². The molecule has 2 aromatic rings. The molecule has 22 heavy (non-hydrogen) atoms. The van der Waals surface area contributed by atoms with Gasteiger partial charge in [-0.2, -0.15) is 0 Å². The molecule has 0 aliphatic heterocycles. The Hall–Kier alpha value is -2.33. The molecule has 0 saturated carbocycles. The number of allylic oxidation sites excluding steroid dienone is 1. The van der Waals surface area contributed by atoms with Gasteiger partial charge >= 0.3 is 5.97 Å². The maximum atomic E-state index is 13.7. The highest BCUT2D eigenvalue weighted by Gasteiger charge is 2.06. The van der Waals surface area contributed by atoms with E-state index in [1.54, 1.807) is 37.3 Å². The van der Waals surface area contributed by atoms with Crippen molar-refractivity contribution in [1.29, 1.82) is 0 Å². The van der Waals surface area contributed by atoms with Crippen molar-refractivity contribution >= 4 is 23.1 Å². The average molecular weight is 321 g/mol. The van der Waals surface area contributed by atoms with Gasteiger partial charge < -0.3 is 9.47 Å². The van der Waals surface area contributed by atoms with Crippen LogP contribution < -0.4 is 4.74 Å². The third kappa shape index (κ3) is 4.09. The molecule has 0 N–H and O–H groups in total. The fraction of sp³-hybridized carbons (Fsp3) is 0.118. The summed E-state index contributed by atoms with van der Waals surface area (Å²) >= 11 is 5.69. The molecule has 0 radical (unpaired) electrons. The summed E-state index contributed by atoms with van der Waals surface area (Å²) in [5, 5.41) is 0.309. The molecule has 114 valence electrons. The maximum Gasteiger partial charge on any atom is 0.330 e. The Labute approximate surface area is 132 Å². The molecule has 0 aliphatic rings. The third-order valence-electron chi connectivity index (χ3n) is 2.97. The summed E-state index contributed by atoms with van der Waals surface area (Å²) in [6.45, 7) is 1.80. The van der Waals surface area contributed by atoms with Crippen LogP contribution in [-0.2, 0) is 9.53 Å². The van der Waals surface area contributed by atoms with Crippen molar-refractivity contribution in [3.8, 4) is 11.5 Å². The van der Waals surface area contributed by atoms with Crippen LogP contribution in [0, 0.1) is 5.82 Å². The highest BCUT2D eigenvalue weighted by Crippen LogP contribution is 2.27. The lowest BCUT2D eigenvalue weighted by Crippen LogP contribution is -1.95. The molecule has 0 amide bonds. The highest BCUT2D eigenvalue weighted by atomic mass is 35.5. The number of carbonyl (C=O) groups excluding carboxylic acids is 1. The zero-order valence-electron chi connectivity index (χ0n) is 12.1. The first kappa shape index (κ1) is 16.0. The number of methoxy groups -OCH3 is 1. The number of hydrogen-bond donors (Lipinski definition) is 0. The van der Waals surface area contributed by atoms with Crippen LogP contribution >= 0.6 is 11.6 Å². The van der Waals surface area contributed by atoms with Gasteiger partial charge in [0.1, 0.15) is 5.75 Å². The molecule has 0 saturated heterocycles. The first-order valence-corrected chi connectivity index (χ1v) is 6.87. The second-order valence-corrected chi connectivity index (χ2v) is 4.99. The normalized spacial score (nSPS) is 11.2. The minimum Gasteiger partial charge on any atom is -0.466 e. The highest BCUT2D eigenvalue weighted by molar-refractivity contribution is 6.30. The monoisotopic (exact) mass is 320 g/mol. The average Bonchev–Trinajstić information content (AvgIpc) is 2.50. The molecule has 0 spiro atoms. The van der Waals surface area contributed by atoms with Gasteiger partial charge in [-0.25, -0.2) is 9.18 Å². The summed E-state index contributed by atoms with van der Waals surface area (Å²) in [7, 11) is 1.32.